The van der Waals surface area contributed by atoms with Crippen LogP contribution in [0, 0.1) is 12.7 Å². The topological polar surface area (TPSA) is 126 Å². The van der Waals surface area contributed by atoms with Gasteiger partial charge in [-0.15, -0.1) is 0 Å². The number of aromatic nitrogens is 3. The Balaban J connectivity index is 1.52. The van der Waals surface area contributed by atoms with Crippen LogP contribution in [0.4, 0.5) is 15.8 Å². The molecule has 39 heavy (non-hydrogen) atoms. The number of benzene rings is 2. The minimum Gasteiger partial charge on any atom is -0.496 e. The van der Waals surface area contributed by atoms with Gasteiger partial charge in [-0.2, -0.15) is 0 Å². The SMILES string of the molecule is COc1cccc(F)c1-c1nccc(C(=O)Nc2ccc(-c3cccnc3C)cc2N2CC(N)CC2CO)n1. The number of aliphatic hydroxyl groups is 1. The molecule has 3 heterocycles. The van der Waals surface area contributed by atoms with Gasteiger partial charge in [-0.3, -0.25) is 9.78 Å². The number of nitrogens with zero attached hydrogens (tertiary/aromatic N) is 4. The first kappa shape index (κ1) is 26.2. The molecule has 4 aromatic rings. The van der Waals surface area contributed by atoms with Crippen molar-refractivity contribution in [2.24, 2.45) is 5.73 Å². The molecule has 2 unspecified atom stereocenters. The summed E-state index contributed by atoms with van der Waals surface area (Å²) in [7, 11) is 1.43. The third-order valence-corrected chi connectivity index (χ3v) is 6.84. The number of carbonyl (C=O) groups is 1. The molecule has 0 radical (unpaired) electrons. The first-order valence-electron chi connectivity index (χ1n) is 12.6. The molecule has 2 aromatic carbocycles. The van der Waals surface area contributed by atoms with Crippen LogP contribution in [0.15, 0.2) is 67.0 Å². The van der Waals surface area contributed by atoms with Gasteiger partial charge in [-0.25, -0.2) is 14.4 Å². The van der Waals surface area contributed by atoms with Crippen LogP contribution >= 0.6 is 0 Å². The van der Waals surface area contributed by atoms with Crippen molar-refractivity contribution >= 4 is 17.3 Å². The number of nitrogens with two attached hydrogens (primary N) is 1. The number of methoxy groups -OCH3 is 1. The van der Waals surface area contributed by atoms with Crippen molar-refractivity contribution in [2.45, 2.75) is 25.4 Å². The second-order valence-corrected chi connectivity index (χ2v) is 9.39. The summed E-state index contributed by atoms with van der Waals surface area (Å²) in [6.07, 6.45) is 3.77. The van der Waals surface area contributed by atoms with E-state index in [9.17, 15) is 14.3 Å². The highest BCUT2D eigenvalue weighted by Gasteiger charge is 2.31. The lowest BCUT2D eigenvalue weighted by Crippen LogP contribution is -2.33. The molecule has 9 nitrogen and oxygen atoms in total. The van der Waals surface area contributed by atoms with E-state index in [1.54, 1.807) is 12.3 Å². The molecule has 1 aliphatic heterocycles. The molecule has 5 rings (SSSR count). The number of ether oxygens (including phenoxy) is 1. The Morgan fingerprint density at radius 3 is 2.79 bits per heavy atom. The standard InChI is InChI=1S/C29H29FN6O3/c1-17-21(5-4-11-32-17)18-8-9-23(25(13-18)36-15-19(31)14-20(36)16-37)35-29(38)24-10-12-33-28(34-24)27-22(30)6-3-7-26(27)39-2/h3-13,19-20,37H,14-16,31H2,1-2H3,(H,35,38). The van der Waals surface area contributed by atoms with E-state index < -0.39 is 11.7 Å². The van der Waals surface area contributed by atoms with E-state index in [1.807, 2.05) is 42.2 Å². The number of nitrogens with one attached hydrogen (secondary N) is 1. The summed E-state index contributed by atoms with van der Waals surface area (Å²) < 4.78 is 19.9. The maximum Gasteiger partial charge on any atom is 0.274 e. The highest BCUT2D eigenvalue weighted by molar-refractivity contribution is 6.05. The number of anilines is 2. The lowest BCUT2D eigenvalue weighted by atomic mass is 10.0. The molecule has 10 heteroatoms. The maximum atomic E-state index is 14.6. The van der Waals surface area contributed by atoms with Crippen molar-refractivity contribution in [2.75, 3.05) is 30.5 Å². The van der Waals surface area contributed by atoms with Crippen molar-refractivity contribution in [3.05, 3.63) is 84.2 Å². The molecule has 1 fully saturated rings. The Kier molecular flexibility index (Phi) is 7.49. The van der Waals surface area contributed by atoms with Crippen LogP contribution in [0.3, 0.4) is 0 Å². The molecule has 1 amide bonds. The second-order valence-electron chi connectivity index (χ2n) is 9.39. The van der Waals surface area contributed by atoms with Crippen LogP contribution in [0.25, 0.3) is 22.5 Å². The lowest BCUT2D eigenvalue weighted by molar-refractivity contribution is 0.102. The normalized spacial score (nSPS) is 16.8. The van der Waals surface area contributed by atoms with E-state index in [4.69, 9.17) is 10.5 Å². The third kappa shape index (κ3) is 5.29. The van der Waals surface area contributed by atoms with E-state index in [-0.39, 0.29) is 41.5 Å². The van der Waals surface area contributed by atoms with Crippen LogP contribution < -0.4 is 20.7 Å². The monoisotopic (exact) mass is 528 g/mol. The van der Waals surface area contributed by atoms with Gasteiger partial charge in [0.1, 0.15) is 17.3 Å². The van der Waals surface area contributed by atoms with E-state index in [0.29, 0.717) is 18.7 Å². The zero-order valence-electron chi connectivity index (χ0n) is 21.6. The van der Waals surface area contributed by atoms with Gasteiger partial charge in [0.05, 0.1) is 36.7 Å². The minimum atomic E-state index is -0.559. The maximum absolute atomic E-state index is 14.6. The zero-order chi connectivity index (χ0) is 27.5. The number of rotatable bonds is 7. The molecule has 1 saturated heterocycles. The number of amides is 1. The number of pyridine rings is 1. The predicted octanol–water partition coefficient (Wildman–Crippen LogP) is 3.81. The van der Waals surface area contributed by atoms with E-state index in [0.717, 1.165) is 22.5 Å². The molecule has 0 saturated carbocycles. The Bertz CT molecular complexity index is 1510. The molecule has 0 bridgehead atoms. The first-order valence-corrected chi connectivity index (χ1v) is 12.6. The molecule has 0 aliphatic carbocycles. The van der Waals surface area contributed by atoms with Crippen LogP contribution in [-0.4, -0.2) is 58.3 Å². The van der Waals surface area contributed by atoms with Crippen molar-refractivity contribution in [1.29, 1.82) is 0 Å². The van der Waals surface area contributed by atoms with Gasteiger partial charge in [-0.1, -0.05) is 18.2 Å². The average Bonchev–Trinajstić information content (AvgIpc) is 3.33. The number of aliphatic hydroxyl groups excluding tert-OH is 1. The fourth-order valence-corrected chi connectivity index (χ4v) is 4.94. The Labute approximate surface area is 225 Å². The lowest BCUT2D eigenvalue weighted by Gasteiger charge is -2.28. The van der Waals surface area contributed by atoms with Crippen molar-refractivity contribution in [1.82, 2.24) is 15.0 Å². The molecule has 2 aromatic heterocycles. The molecule has 200 valence electrons. The van der Waals surface area contributed by atoms with Crippen LogP contribution in [0.1, 0.15) is 22.6 Å². The fraction of sp³-hybridized carbons (Fsp3) is 0.241. The van der Waals surface area contributed by atoms with E-state index in [1.165, 1.54) is 31.5 Å². The quantitative estimate of drug-likeness (QED) is 0.331. The number of carbonyl (C=O) groups excluding carboxylic acids is 1. The van der Waals surface area contributed by atoms with Crippen LogP contribution in [-0.2, 0) is 0 Å². The second kappa shape index (κ2) is 11.1. The number of halogens is 1. The molecule has 0 spiro atoms. The first-order chi connectivity index (χ1) is 18.9. The molecular formula is C29H29FN6O3. The van der Waals surface area contributed by atoms with Gasteiger partial charge in [0.25, 0.3) is 5.91 Å². The van der Waals surface area contributed by atoms with Crippen LogP contribution in [0.5, 0.6) is 5.75 Å². The summed E-state index contributed by atoms with van der Waals surface area (Å²) in [6, 6.07) is 15.1. The van der Waals surface area contributed by atoms with E-state index >= 15 is 0 Å². The molecular weight excluding hydrogens is 499 g/mol. The van der Waals surface area contributed by atoms with Crippen LogP contribution in [0.2, 0.25) is 0 Å². The number of aryl methyl sites for hydroxylation is 1. The predicted molar refractivity (Wildman–Crippen MR) is 147 cm³/mol. The van der Waals surface area contributed by atoms with Gasteiger partial charge >= 0.3 is 0 Å². The smallest absolute Gasteiger partial charge is 0.274 e. The summed E-state index contributed by atoms with van der Waals surface area (Å²) >= 11 is 0. The number of hydrogen-bond donors (Lipinski definition) is 3. The summed E-state index contributed by atoms with van der Waals surface area (Å²) in [6.45, 7) is 2.38. The van der Waals surface area contributed by atoms with E-state index in [2.05, 4.69) is 20.3 Å². The highest BCUT2D eigenvalue weighted by Crippen LogP contribution is 2.37. The Morgan fingerprint density at radius 1 is 1.18 bits per heavy atom. The minimum absolute atomic E-state index is 0.0334. The summed E-state index contributed by atoms with van der Waals surface area (Å²) in [4.78, 5) is 28.3. The third-order valence-electron chi connectivity index (χ3n) is 6.84. The zero-order valence-corrected chi connectivity index (χ0v) is 21.6. The highest BCUT2D eigenvalue weighted by atomic mass is 19.1. The Hall–Kier alpha value is -4.41. The summed E-state index contributed by atoms with van der Waals surface area (Å²) in [5.74, 6) is -0.761. The summed E-state index contributed by atoms with van der Waals surface area (Å²) in [5, 5.41) is 13.0. The largest absolute Gasteiger partial charge is 0.496 e. The molecule has 1 aliphatic rings. The van der Waals surface area contributed by atoms with Gasteiger partial charge in [0.15, 0.2) is 5.82 Å². The molecule has 2 atom stereocenters. The Morgan fingerprint density at radius 2 is 2.03 bits per heavy atom. The molecule has 4 N–H and O–H groups in total. The van der Waals surface area contributed by atoms with Gasteiger partial charge in [0, 0.05) is 36.2 Å². The van der Waals surface area contributed by atoms with Gasteiger partial charge in [0.2, 0.25) is 0 Å². The van der Waals surface area contributed by atoms with Crippen molar-refractivity contribution in [3.63, 3.8) is 0 Å². The summed E-state index contributed by atoms with van der Waals surface area (Å²) in [5.41, 5.74) is 10.4. The average molecular weight is 529 g/mol. The fourth-order valence-electron chi connectivity index (χ4n) is 4.94. The van der Waals surface area contributed by atoms with Gasteiger partial charge in [-0.05, 0) is 55.3 Å². The number of hydrogen-bond acceptors (Lipinski definition) is 8. The van der Waals surface area contributed by atoms with Crippen molar-refractivity contribution in [3.8, 4) is 28.3 Å². The van der Waals surface area contributed by atoms with Gasteiger partial charge < -0.3 is 25.8 Å². The van der Waals surface area contributed by atoms with Crippen molar-refractivity contribution < 1.29 is 19.0 Å².